The second-order valence-electron chi connectivity index (χ2n) is 3.20. The van der Waals surface area contributed by atoms with Crippen LogP contribution in [0.25, 0.3) is 0 Å². The molecule has 0 bridgehead atoms. The van der Waals surface area contributed by atoms with Crippen LogP contribution >= 0.6 is 0 Å². The molecule has 98 valence electrons. The summed E-state index contributed by atoms with van der Waals surface area (Å²) in [7, 11) is 0. The van der Waals surface area contributed by atoms with Gasteiger partial charge in [0.1, 0.15) is 5.71 Å². The van der Waals surface area contributed by atoms with Crippen LogP contribution in [0.15, 0.2) is 35.5 Å². The first-order chi connectivity index (χ1) is 8.43. The fraction of sp³-hybridized carbons (Fsp3) is 0.385. The third kappa shape index (κ3) is 15.0. The van der Waals surface area contributed by atoms with Crippen LogP contribution in [0.4, 0.5) is 0 Å². The summed E-state index contributed by atoms with van der Waals surface area (Å²) in [5, 5.41) is 10.1. The van der Waals surface area contributed by atoms with Gasteiger partial charge >= 0.3 is 22.6 Å². The molecular weight excluding hydrogens is 402 g/mol. The summed E-state index contributed by atoms with van der Waals surface area (Å²) in [6.07, 6.45) is 5.97. The van der Waals surface area contributed by atoms with Crippen LogP contribution in [0.5, 0.6) is 0 Å². The zero-order chi connectivity index (χ0) is 13.4. The summed E-state index contributed by atoms with van der Waals surface area (Å²) in [4.78, 5) is 0. The second kappa shape index (κ2) is 21.3. The van der Waals surface area contributed by atoms with Crippen molar-refractivity contribution in [2.45, 2.75) is 32.1 Å². The van der Waals surface area contributed by atoms with Gasteiger partial charge in [0.2, 0.25) is 0 Å². The first-order valence-electron chi connectivity index (χ1n) is 5.23. The Morgan fingerprint density at radius 2 is 1.44 bits per heavy atom. The predicted octanol–water partition coefficient (Wildman–Crippen LogP) is 2.36. The third-order valence-corrected chi connectivity index (χ3v) is 2.14. The Balaban J connectivity index is -0.000000196. The van der Waals surface area contributed by atoms with Crippen LogP contribution in [0.1, 0.15) is 32.1 Å². The third-order valence-electron chi connectivity index (χ3n) is 2.14. The molecule has 1 aliphatic carbocycles. The molecule has 1 aromatic carbocycles. The first kappa shape index (κ1) is 22.2. The molecule has 1 aromatic rings. The minimum absolute atomic E-state index is 0. The number of nitrogens with zero attached hydrogens (tertiary/aromatic N) is 1. The molecule has 0 amide bonds. The number of hydrogen-bond donors (Lipinski definition) is 0. The molecule has 1 aliphatic rings. The van der Waals surface area contributed by atoms with Gasteiger partial charge in [-0.15, -0.1) is 0 Å². The fourth-order valence-electron chi connectivity index (χ4n) is 1.39. The summed E-state index contributed by atoms with van der Waals surface area (Å²) in [6.45, 7) is 9.00. The maximum atomic E-state index is 7.50. The maximum Gasteiger partial charge on any atom is 0.107 e. The van der Waals surface area contributed by atoms with Gasteiger partial charge in [-0.05, 0) is 25.7 Å². The molecular formula is C13H17NO3W. The van der Waals surface area contributed by atoms with Crippen molar-refractivity contribution in [1.29, 1.82) is 0 Å². The van der Waals surface area contributed by atoms with Gasteiger partial charge in [0.05, 0.1) is 0 Å². The SMILES string of the molecule is [C-]#[O+].[C-]#[O+].[OH2+]N=C1CCCCC1.[W].c1cc[cH-]c1. The first-order valence-corrected chi connectivity index (χ1v) is 5.23. The quantitative estimate of drug-likeness (QED) is 0.352. The molecule has 1 saturated carbocycles. The Morgan fingerprint density at radius 1 is 1.00 bits per heavy atom. The van der Waals surface area contributed by atoms with E-state index in [1.807, 2.05) is 30.3 Å². The zero-order valence-corrected chi connectivity index (χ0v) is 13.0. The molecule has 4 nitrogen and oxygen atoms in total. The average Bonchev–Trinajstić information content (AvgIpc) is 3.03. The molecule has 0 unspecified atom stereocenters. The maximum absolute atomic E-state index is 7.50. The van der Waals surface area contributed by atoms with Crippen molar-refractivity contribution in [3.63, 3.8) is 0 Å². The van der Waals surface area contributed by atoms with Crippen LogP contribution in [0, 0.1) is 13.3 Å². The van der Waals surface area contributed by atoms with Crippen LogP contribution < -0.4 is 0 Å². The molecule has 2 rings (SSSR count). The summed E-state index contributed by atoms with van der Waals surface area (Å²) >= 11 is 0. The van der Waals surface area contributed by atoms with Crippen LogP contribution in [0.3, 0.4) is 0 Å². The second-order valence-corrected chi connectivity index (χ2v) is 3.20. The predicted molar refractivity (Wildman–Crippen MR) is 64.0 cm³/mol. The Morgan fingerprint density at radius 3 is 1.67 bits per heavy atom. The standard InChI is InChI=1S/C6H11NO.C5H5.2CO.W/c8-7-6-4-2-1-3-5-6;1-2-4-5-3-1;2*1-2;/h8H,1-5H2;1-5H;;;/q;-1;;;/p+1. The van der Waals surface area contributed by atoms with E-state index in [0.717, 1.165) is 18.6 Å². The molecule has 2 N–H and O–H groups in total. The van der Waals surface area contributed by atoms with Crippen molar-refractivity contribution in [2.24, 2.45) is 5.16 Å². The Hall–Kier alpha value is -1.01. The Bertz CT molecular complexity index is 273. The summed E-state index contributed by atoms with van der Waals surface area (Å²) in [5.74, 6) is 0. The molecule has 0 spiro atoms. The van der Waals surface area contributed by atoms with Crippen molar-refractivity contribution < 1.29 is 35.6 Å². The molecule has 18 heavy (non-hydrogen) atoms. The molecule has 5 heteroatoms. The minimum atomic E-state index is 0. The van der Waals surface area contributed by atoms with Crippen molar-refractivity contribution in [3.05, 3.63) is 43.6 Å². The van der Waals surface area contributed by atoms with Gasteiger partial charge in [0.25, 0.3) is 0 Å². The van der Waals surface area contributed by atoms with Gasteiger partial charge in [-0.25, -0.2) is 12.1 Å². The molecule has 0 saturated heterocycles. The van der Waals surface area contributed by atoms with Gasteiger partial charge in [-0.1, -0.05) is 6.42 Å². The summed E-state index contributed by atoms with van der Waals surface area (Å²) in [6, 6.07) is 10.0. The van der Waals surface area contributed by atoms with Gasteiger partial charge < -0.3 is 5.21 Å². The normalized spacial score (nSPS) is 11.7. The van der Waals surface area contributed by atoms with Gasteiger partial charge in [0.15, 0.2) is 0 Å². The Labute approximate surface area is 122 Å². The van der Waals surface area contributed by atoms with E-state index in [1.165, 1.54) is 19.3 Å². The minimum Gasteiger partial charge on any atom is -0.469 e. The van der Waals surface area contributed by atoms with Crippen molar-refractivity contribution >= 4 is 5.71 Å². The fourth-order valence-corrected chi connectivity index (χ4v) is 1.39. The largest absolute Gasteiger partial charge is 0.469 e. The van der Waals surface area contributed by atoms with E-state index in [1.54, 1.807) is 0 Å². The number of hydrogen-bond acceptors (Lipinski definition) is 1. The molecule has 1 fully saturated rings. The summed E-state index contributed by atoms with van der Waals surface area (Å²) < 4.78 is 15.0. The Kier molecular flexibility index (Phi) is 26.3. The van der Waals surface area contributed by atoms with Gasteiger partial charge in [0, 0.05) is 26.2 Å². The smallest absolute Gasteiger partial charge is 0.107 e. The monoisotopic (exact) mass is 419 g/mol. The molecule has 0 radical (unpaired) electrons. The summed E-state index contributed by atoms with van der Waals surface area (Å²) in [5.41, 5.74) is 1.09. The van der Waals surface area contributed by atoms with Crippen molar-refractivity contribution in [1.82, 2.24) is 0 Å². The van der Waals surface area contributed by atoms with E-state index >= 15 is 0 Å². The van der Waals surface area contributed by atoms with E-state index in [0.29, 0.717) is 0 Å². The average molecular weight is 419 g/mol. The van der Waals surface area contributed by atoms with Crippen LogP contribution in [-0.4, -0.2) is 10.9 Å². The van der Waals surface area contributed by atoms with E-state index in [4.69, 9.17) is 14.5 Å². The molecule has 0 heterocycles. The van der Waals surface area contributed by atoms with E-state index in [-0.39, 0.29) is 21.1 Å². The van der Waals surface area contributed by atoms with Crippen molar-refractivity contribution in [2.75, 3.05) is 0 Å². The van der Waals surface area contributed by atoms with E-state index < -0.39 is 0 Å². The molecule has 0 aromatic heterocycles. The molecule has 0 aliphatic heterocycles. The van der Waals surface area contributed by atoms with E-state index in [2.05, 4.69) is 18.5 Å². The van der Waals surface area contributed by atoms with E-state index in [9.17, 15) is 0 Å². The zero-order valence-electron chi connectivity index (χ0n) is 10.1. The van der Waals surface area contributed by atoms with Crippen LogP contribution in [0.2, 0.25) is 0 Å². The van der Waals surface area contributed by atoms with Gasteiger partial charge in [-0.2, -0.15) is 18.2 Å². The van der Waals surface area contributed by atoms with Crippen molar-refractivity contribution in [3.8, 4) is 0 Å². The molecule has 0 atom stereocenters. The van der Waals surface area contributed by atoms with Gasteiger partial charge in [-0.3, -0.25) is 0 Å². The van der Waals surface area contributed by atoms with Crippen LogP contribution in [-0.2, 0) is 30.4 Å². The number of rotatable bonds is 0. The topological polar surface area (TPSA) is 75.1 Å².